The largest absolute Gasteiger partial charge is 0.314 e. The molecule has 112 valence electrons. The molecule has 2 rings (SSSR count). The Morgan fingerprint density at radius 1 is 1.05 bits per heavy atom. The van der Waals surface area contributed by atoms with E-state index < -0.39 is 0 Å². The van der Waals surface area contributed by atoms with Crippen molar-refractivity contribution in [2.45, 2.75) is 84.3 Å². The lowest BCUT2D eigenvalue weighted by atomic mass is 9.77. The minimum atomic E-state index is 0.790. The first kappa shape index (κ1) is 15.3. The summed E-state index contributed by atoms with van der Waals surface area (Å²) < 4.78 is 0. The Labute approximate surface area is 120 Å². The fourth-order valence-corrected chi connectivity index (χ4v) is 3.57. The smallest absolute Gasteiger partial charge is 0.0139 e. The Morgan fingerprint density at radius 2 is 1.74 bits per heavy atom. The molecule has 0 aromatic heterocycles. The average Bonchev–Trinajstić information content (AvgIpc) is 3.12. The SMILES string of the molecule is CCC(CC)N(CC(C)C)C1CCC1CNC1CC1. The van der Waals surface area contributed by atoms with Gasteiger partial charge in [0.25, 0.3) is 0 Å². The van der Waals surface area contributed by atoms with Crippen molar-refractivity contribution in [1.29, 1.82) is 0 Å². The quantitative estimate of drug-likeness (QED) is 0.685. The Balaban J connectivity index is 1.88. The number of hydrogen-bond donors (Lipinski definition) is 1. The van der Waals surface area contributed by atoms with E-state index in [2.05, 4.69) is 37.9 Å². The van der Waals surface area contributed by atoms with Crippen LogP contribution in [0.5, 0.6) is 0 Å². The molecule has 0 bridgehead atoms. The predicted octanol–water partition coefficient (Wildman–Crippen LogP) is 3.66. The maximum absolute atomic E-state index is 3.74. The van der Waals surface area contributed by atoms with Crippen LogP contribution in [-0.2, 0) is 0 Å². The predicted molar refractivity (Wildman–Crippen MR) is 83.5 cm³/mol. The van der Waals surface area contributed by atoms with Gasteiger partial charge in [-0.05, 0) is 56.9 Å². The van der Waals surface area contributed by atoms with Gasteiger partial charge in [0, 0.05) is 24.7 Å². The highest BCUT2D eigenvalue weighted by Crippen LogP contribution is 2.35. The van der Waals surface area contributed by atoms with Crippen molar-refractivity contribution >= 4 is 0 Å². The fourth-order valence-electron chi connectivity index (χ4n) is 3.57. The second-order valence-corrected chi connectivity index (χ2v) is 7.15. The molecule has 0 saturated heterocycles. The zero-order valence-corrected chi connectivity index (χ0v) is 13.5. The molecular weight excluding hydrogens is 232 g/mol. The molecule has 2 saturated carbocycles. The van der Waals surface area contributed by atoms with E-state index in [9.17, 15) is 0 Å². The van der Waals surface area contributed by atoms with E-state index in [1.807, 2.05) is 0 Å². The fraction of sp³-hybridized carbons (Fsp3) is 1.00. The number of rotatable bonds is 9. The van der Waals surface area contributed by atoms with Crippen LogP contribution in [0.25, 0.3) is 0 Å². The van der Waals surface area contributed by atoms with Crippen LogP contribution in [0.3, 0.4) is 0 Å². The Kier molecular flexibility index (Phi) is 5.70. The van der Waals surface area contributed by atoms with Crippen molar-refractivity contribution in [3.63, 3.8) is 0 Å². The normalized spacial score (nSPS) is 27.3. The maximum Gasteiger partial charge on any atom is 0.0139 e. The molecule has 2 fully saturated rings. The lowest BCUT2D eigenvalue weighted by Gasteiger charge is -2.48. The molecule has 0 aliphatic heterocycles. The van der Waals surface area contributed by atoms with E-state index in [4.69, 9.17) is 0 Å². The van der Waals surface area contributed by atoms with Crippen molar-refractivity contribution in [3.05, 3.63) is 0 Å². The number of nitrogens with one attached hydrogen (secondary N) is 1. The summed E-state index contributed by atoms with van der Waals surface area (Å²) in [6.45, 7) is 12.0. The van der Waals surface area contributed by atoms with Crippen molar-refractivity contribution in [2.75, 3.05) is 13.1 Å². The summed E-state index contributed by atoms with van der Waals surface area (Å²) in [6.07, 6.45) is 8.32. The van der Waals surface area contributed by atoms with Gasteiger partial charge in [0.2, 0.25) is 0 Å². The highest BCUT2D eigenvalue weighted by molar-refractivity contribution is 4.94. The Bertz CT molecular complexity index is 256. The molecule has 19 heavy (non-hydrogen) atoms. The van der Waals surface area contributed by atoms with E-state index in [-0.39, 0.29) is 0 Å². The molecule has 0 radical (unpaired) electrons. The lowest BCUT2D eigenvalue weighted by molar-refractivity contribution is 0.0152. The van der Waals surface area contributed by atoms with Crippen LogP contribution in [0.4, 0.5) is 0 Å². The van der Waals surface area contributed by atoms with E-state index in [0.29, 0.717) is 0 Å². The third kappa shape index (κ3) is 4.19. The van der Waals surface area contributed by atoms with Gasteiger partial charge in [0.05, 0.1) is 0 Å². The van der Waals surface area contributed by atoms with Crippen molar-refractivity contribution in [2.24, 2.45) is 11.8 Å². The molecule has 0 spiro atoms. The van der Waals surface area contributed by atoms with Crippen molar-refractivity contribution in [1.82, 2.24) is 10.2 Å². The second-order valence-electron chi connectivity index (χ2n) is 7.15. The van der Waals surface area contributed by atoms with Gasteiger partial charge < -0.3 is 5.32 Å². The summed E-state index contributed by atoms with van der Waals surface area (Å²) in [5, 5.41) is 3.74. The molecule has 2 atom stereocenters. The zero-order valence-electron chi connectivity index (χ0n) is 13.5. The minimum absolute atomic E-state index is 0.790. The summed E-state index contributed by atoms with van der Waals surface area (Å²) >= 11 is 0. The van der Waals surface area contributed by atoms with Gasteiger partial charge in [-0.25, -0.2) is 0 Å². The van der Waals surface area contributed by atoms with E-state index in [0.717, 1.165) is 30.0 Å². The van der Waals surface area contributed by atoms with Gasteiger partial charge in [-0.3, -0.25) is 4.90 Å². The van der Waals surface area contributed by atoms with Gasteiger partial charge in [-0.2, -0.15) is 0 Å². The van der Waals surface area contributed by atoms with Crippen LogP contribution < -0.4 is 5.32 Å². The van der Waals surface area contributed by atoms with E-state index >= 15 is 0 Å². The van der Waals surface area contributed by atoms with E-state index in [1.165, 1.54) is 51.6 Å². The second kappa shape index (κ2) is 7.08. The minimum Gasteiger partial charge on any atom is -0.314 e. The molecule has 0 aromatic rings. The van der Waals surface area contributed by atoms with Crippen LogP contribution in [-0.4, -0.2) is 36.1 Å². The third-order valence-electron chi connectivity index (χ3n) is 5.04. The van der Waals surface area contributed by atoms with Gasteiger partial charge in [0.1, 0.15) is 0 Å². The summed E-state index contributed by atoms with van der Waals surface area (Å²) in [4.78, 5) is 2.85. The molecule has 0 amide bonds. The van der Waals surface area contributed by atoms with Crippen molar-refractivity contribution in [3.8, 4) is 0 Å². The van der Waals surface area contributed by atoms with Gasteiger partial charge >= 0.3 is 0 Å². The number of nitrogens with zero attached hydrogens (tertiary/aromatic N) is 1. The standard InChI is InChI=1S/C17H34N2/c1-5-16(6-2)19(12-13(3)4)17-10-7-14(17)11-18-15-8-9-15/h13-18H,5-12H2,1-4H3. The molecular formula is C17H34N2. The Morgan fingerprint density at radius 3 is 2.16 bits per heavy atom. The summed E-state index contributed by atoms with van der Waals surface area (Å²) in [7, 11) is 0. The summed E-state index contributed by atoms with van der Waals surface area (Å²) in [5.41, 5.74) is 0. The highest BCUT2D eigenvalue weighted by Gasteiger charge is 2.38. The topological polar surface area (TPSA) is 15.3 Å². The molecule has 2 unspecified atom stereocenters. The average molecular weight is 266 g/mol. The highest BCUT2D eigenvalue weighted by atomic mass is 15.2. The van der Waals surface area contributed by atoms with Gasteiger partial charge in [-0.15, -0.1) is 0 Å². The first-order valence-corrected chi connectivity index (χ1v) is 8.64. The first-order valence-electron chi connectivity index (χ1n) is 8.64. The van der Waals surface area contributed by atoms with Crippen molar-refractivity contribution < 1.29 is 0 Å². The molecule has 2 heteroatoms. The lowest BCUT2D eigenvalue weighted by Crippen LogP contribution is -2.55. The van der Waals surface area contributed by atoms with Crippen LogP contribution in [0.2, 0.25) is 0 Å². The van der Waals surface area contributed by atoms with Crippen LogP contribution in [0.15, 0.2) is 0 Å². The first-order chi connectivity index (χ1) is 9.15. The Hall–Kier alpha value is -0.0800. The summed E-state index contributed by atoms with van der Waals surface area (Å²) in [6, 6.07) is 2.53. The van der Waals surface area contributed by atoms with Crippen LogP contribution >= 0.6 is 0 Å². The van der Waals surface area contributed by atoms with Crippen LogP contribution in [0, 0.1) is 11.8 Å². The van der Waals surface area contributed by atoms with E-state index in [1.54, 1.807) is 0 Å². The van der Waals surface area contributed by atoms with Gasteiger partial charge in [0.15, 0.2) is 0 Å². The van der Waals surface area contributed by atoms with Gasteiger partial charge in [-0.1, -0.05) is 27.7 Å². The third-order valence-corrected chi connectivity index (χ3v) is 5.04. The number of hydrogen-bond acceptors (Lipinski definition) is 2. The zero-order chi connectivity index (χ0) is 13.8. The molecule has 2 aliphatic carbocycles. The maximum atomic E-state index is 3.74. The molecule has 0 heterocycles. The molecule has 1 N–H and O–H groups in total. The van der Waals surface area contributed by atoms with Crippen LogP contribution in [0.1, 0.15) is 66.2 Å². The molecule has 2 aliphatic rings. The molecule has 0 aromatic carbocycles. The summed E-state index contributed by atoms with van der Waals surface area (Å²) in [5.74, 6) is 1.71. The monoisotopic (exact) mass is 266 g/mol. The molecule has 2 nitrogen and oxygen atoms in total.